The van der Waals surface area contributed by atoms with Gasteiger partial charge in [-0.25, -0.2) is 4.39 Å². The van der Waals surface area contributed by atoms with Crippen molar-refractivity contribution in [3.63, 3.8) is 0 Å². The number of aliphatic carboxylic acids is 1. The van der Waals surface area contributed by atoms with Gasteiger partial charge in [-0.05, 0) is 30.7 Å². The average Bonchev–Trinajstić information content (AvgIpc) is 2.15. The van der Waals surface area contributed by atoms with Crippen LogP contribution in [0.1, 0.15) is 18.9 Å². The number of rotatable bonds is 4. The number of ketones is 1. The number of benzene rings is 1. The first-order valence-corrected chi connectivity index (χ1v) is 4.68. The molecule has 1 N–H and O–H groups in total. The number of carboxylic acid groups (broad SMARTS) is 1. The summed E-state index contributed by atoms with van der Waals surface area (Å²) < 4.78 is 12.9. The first-order chi connectivity index (χ1) is 7.49. The molecule has 4 heteroatoms. The number of carbonyl (C=O) groups excluding carboxylic acids is 1. The monoisotopic (exact) mass is 222 g/mol. The van der Waals surface area contributed by atoms with Gasteiger partial charge >= 0.3 is 5.97 Å². The highest BCUT2D eigenvalue weighted by atomic mass is 19.1. The zero-order valence-electron chi connectivity index (χ0n) is 8.74. The van der Waals surface area contributed by atoms with Crippen LogP contribution in [0.15, 0.2) is 29.8 Å². The Morgan fingerprint density at radius 1 is 1.44 bits per heavy atom. The van der Waals surface area contributed by atoms with E-state index in [2.05, 4.69) is 0 Å². The Bertz CT molecular complexity index is 449. The molecule has 0 bridgehead atoms. The third-order valence-electron chi connectivity index (χ3n) is 1.98. The molecule has 0 heterocycles. The smallest absolute Gasteiger partial charge is 0.307 e. The number of carbonyl (C=O) groups is 2. The highest BCUT2D eigenvalue weighted by Crippen LogP contribution is 2.12. The predicted octanol–water partition coefficient (Wildman–Crippen LogP) is 2.27. The second kappa shape index (κ2) is 5.21. The van der Waals surface area contributed by atoms with Crippen LogP contribution in [0.3, 0.4) is 0 Å². The molecule has 0 aliphatic heterocycles. The predicted molar refractivity (Wildman–Crippen MR) is 57.3 cm³/mol. The van der Waals surface area contributed by atoms with Crippen molar-refractivity contribution in [2.24, 2.45) is 0 Å². The lowest BCUT2D eigenvalue weighted by molar-refractivity contribution is -0.136. The van der Waals surface area contributed by atoms with Gasteiger partial charge in [0, 0.05) is 5.57 Å². The van der Waals surface area contributed by atoms with Crippen LogP contribution in [0.2, 0.25) is 0 Å². The maximum Gasteiger partial charge on any atom is 0.307 e. The van der Waals surface area contributed by atoms with Crippen molar-refractivity contribution in [3.05, 3.63) is 41.2 Å². The van der Waals surface area contributed by atoms with E-state index in [1.807, 2.05) is 0 Å². The first-order valence-electron chi connectivity index (χ1n) is 4.68. The van der Waals surface area contributed by atoms with Crippen LogP contribution in [0.4, 0.5) is 4.39 Å². The van der Waals surface area contributed by atoms with Crippen LogP contribution in [0.25, 0.3) is 6.08 Å². The highest BCUT2D eigenvalue weighted by molar-refractivity contribution is 6.01. The van der Waals surface area contributed by atoms with Crippen LogP contribution in [0.5, 0.6) is 0 Å². The Morgan fingerprint density at radius 2 is 2.12 bits per heavy atom. The van der Waals surface area contributed by atoms with Gasteiger partial charge in [0.2, 0.25) is 0 Å². The maximum absolute atomic E-state index is 12.9. The molecule has 0 saturated carbocycles. The SMILES string of the molecule is CC(=O)/C(=C/c1cccc(F)c1)CC(=O)O. The van der Waals surface area contributed by atoms with Gasteiger partial charge in [-0.2, -0.15) is 0 Å². The minimum Gasteiger partial charge on any atom is -0.481 e. The molecule has 0 fully saturated rings. The highest BCUT2D eigenvalue weighted by Gasteiger charge is 2.08. The lowest BCUT2D eigenvalue weighted by Crippen LogP contribution is -2.04. The van der Waals surface area contributed by atoms with E-state index in [1.54, 1.807) is 6.07 Å². The summed E-state index contributed by atoms with van der Waals surface area (Å²) in [7, 11) is 0. The Kier molecular flexibility index (Phi) is 3.94. The van der Waals surface area contributed by atoms with Crippen LogP contribution >= 0.6 is 0 Å². The molecule has 0 radical (unpaired) electrons. The molecule has 0 saturated heterocycles. The summed E-state index contributed by atoms with van der Waals surface area (Å²) >= 11 is 0. The van der Waals surface area contributed by atoms with Gasteiger partial charge in [-0.15, -0.1) is 0 Å². The van der Waals surface area contributed by atoms with Gasteiger partial charge < -0.3 is 5.11 Å². The maximum atomic E-state index is 12.9. The van der Waals surface area contributed by atoms with Crippen LogP contribution < -0.4 is 0 Å². The normalized spacial score (nSPS) is 11.2. The summed E-state index contributed by atoms with van der Waals surface area (Å²) in [5.74, 6) is -1.84. The van der Waals surface area contributed by atoms with E-state index < -0.39 is 11.8 Å². The molecule has 1 aromatic carbocycles. The van der Waals surface area contributed by atoms with Crippen molar-refractivity contribution in [1.82, 2.24) is 0 Å². The number of hydrogen-bond donors (Lipinski definition) is 1. The molecule has 0 aliphatic carbocycles. The topological polar surface area (TPSA) is 54.4 Å². The van der Waals surface area contributed by atoms with Gasteiger partial charge in [-0.3, -0.25) is 9.59 Å². The second-order valence-corrected chi connectivity index (χ2v) is 3.35. The number of halogens is 1. The zero-order chi connectivity index (χ0) is 12.1. The molecule has 0 amide bonds. The summed E-state index contributed by atoms with van der Waals surface area (Å²) in [6.07, 6.45) is 1.03. The number of hydrogen-bond acceptors (Lipinski definition) is 2. The van der Waals surface area contributed by atoms with Gasteiger partial charge in [-0.1, -0.05) is 12.1 Å². The molecule has 16 heavy (non-hydrogen) atoms. The molecule has 1 aromatic rings. The fourth-order valence-electron chi connectivity index (χ4n) is 1.24. The van der Waals surface area contributed by atoms with E-state index in [9.17, 15) is 14.0 Å². The van der Waals surface area contributed by atoms with E-state index in [0.29, 0.717) is 5.56 Å². The lowest BCUT2D eigenvalue weighted by Gasteiger charge is -2.00. The van der Waals surface area contributed by atoms with Gasteiger partial charge in [0.1, 0.15) is 5.82 Å². The third-order valence-corrected chi connectivity index (χ3v) is 1.98. The summed E-state index contributed by atoms with van der Waals surface area (Å²) in [6.45, 7) is 1.29. The van der Waals surface area contributed by atoms with Crippen molar-refractivity contribution in [2.75, 3.05) is 0 Å². The molecule has 1 rings (SSSR count). The van der Waals surface area contributed by atoms with E-state index in [1.165, 1.54) is 31.2 Å². The third kappa shape index (κ3) is 3.65. The minimum atomic E-state index is -1.09. The van der Waals surface area contributed by atoms with E-state index >= 15 is 0 Å². The molecule has 0 aliphatic rings. The summed E-state index contributed by atoms with van der Waals surface area (Å²) in [5, 5.41) is 8.60. The Hall–Kier alpha value is -1.97. The van der Waals surface area contributed by atoms with Crippen molar-refractivity contribution in [2.45, 2.75) is 13.3 Å². The standard InChI is InChI=1S/C12H11FO3/c1-8(14)10(7-12(15)16)5-9-3-2-4-11(13)6-9/h2-6H,7H2,1H3,(H,15,16)/b10-5+. The molecular weight excluding hydrogens is 211 g/mol. The van der Waals surface area contributed by atoms with Crippen molar-refractivity contribution in [3.8, 4) is 0 Å². The van der Waals surface area contributed by atoms with E-state index in [4.69, 9.17) is 5.11 Å². The van der Waals surface area contributed by atoms with E-state index in [-0.39, 0.29) is 17.8 Å². The molecule has 0 unspecified atom stereocenters. The molecule has 84 valence electrons. The molecule has 0 atom stereocenters. The molecule has 3 nitrogen and oxygen atoms in total. The summed E-state index contributed by atoms with van der Waals surface area (Å²) in [5.41, 5.74) is 0.629. The Morgan fingerprint density at radius 3 is 2.62 bits per heavy atom. The first kappa shape index (κ1) is 12.1. The van der Waals surface area contributed by atoms with Crippen molar-refractivity contribution >= 4 is 17.8 Å². The van der Waals surface area contributed by atoms with Crippen molar-refractivity contribution < 1.29 is 19.1 Å². The largest absolute Gasteiger partial charge is 0.481 e. The molecule has 0 aromatic heterocycles. The van der Waals surface area contributed by atoms with E-state index in [0.717, 1.165) is 0 Å². The van der Waals surface area contributed by atoms with Gasteiger partial charge in [0.15, 0.2) is 5.78 Å². The van der Waals surface area contributed by atoms with Crippen LogP contribution in [-0.2, 0) is 9.59 Å². The minimum absolute atomic E-state index is 0.151. The molecular formula is C12H11FO3. The van der Waals surface area contributed by atoms with Crippen molar-refractivity contribution in [1.29, 1.82) is 0 Å². The summed E-state index contributed by atoms with van der Waals surface area (Å²) in [4.78, 5) is 21.6. The van der Waals surface area contributed by atoms with Crippen LogP contribution in [0, 0.1) is 5.82 Å². The number of Topliss-reactive ketones (excluding diaryl/α,β-unsaturated/α-hetero) is 1. The Labute approximate surface area is 92.2 Å². The fourth-order valence-corrected chi connectivity index (χ4v) is 1.24. The van der Waals surface area contributed by atoms with Gasteiger partial charge in [0.25, 0.3) is 0 Å². The summed E-state index contributed by atoms with van der Waals surface area (Å²) in [6, 6.07) is 5.63. The fraction of sp³-hybridized carbons (Fsp3) is 0.167. The number of carboxylic acids is 1. The Balaban J connectivity index is 3.02. The average molecular weight is 222 g/mol. The lowest BCUT2D eigenvalue weighted by atomic mass is 10.0. The van der Waals surface area contributed by atoms with Crippen LogP contribution in [-0.4, -0.2) is 16.9 Å². The quantitative estimate of drug-likeness (QED) is 0.795. The molecule has 0 spiro atoms. The van der Waals surface area contributed by atoms with Gasteiger partial charge in [0.05, 0.1) is 6.42 Å². The second-order valence-electron chi connectivity index (χ2n) is 3.35. The zero-order valence-corrected chi connectivity index (χ0v) is 8.74.